The van der Waals surface area contributed by atoms with Crippen molar-refractivity contribution in [3.8, 4) is 0 Å². The number of hydrogen-bond acceptors (Lipinski definition) is 0. The summed E-state index contributed by atoms with van der Waals surface area (Å²) in [4.78, 5) is 0. The van der Waals surface area contributed by atoms with Crippen molar-refractivity contribution in [3.63, 3.8) is 0 Å². The third kappa shape index (κ3) is 4.50. The normalized spacial score (nSPS) is 14.2. The van der Waals surface area contributed by atoms with Crippen molar-refractivity contribution in [1.82, 2.24) is 0 Å². The van der Waals surface area contributed by atoms with E-state index in [-0.39, 0.29) is 0 Å². The second kappa shape index (κ2) is 5.48. The Balaban J connectivity index is 3.35. The molecule has 2 heteroatoms. The van der Waals surface area contributed by atoms with Crippen LogP contribution in [0.5, 0.6) is 0 Å². The summed E-state index contributed by atoms with van der Waals surface area (Å²) in [5, 5.41) is 0. The van der Waals surface area contributed by atoms with Crippen molar-refractivity contribution < 1.29 is 0 Å². The van der Waals surface area contributed by atoms with Crippen LogP contribution in [0, 0.1) is 0 Å². The van der Waals surface area contributed by atoms with E-state index in [0.717, 1.165) is 5.66 Å². The lowest BCUT2D eigenvalue weighted by Gasteiger charge is -1.94. The first-order valence-electron chi connectivity index (χ1n) is 2.82. The predicted octanol–water partition coefficient (Wildman–Crippen LogP) is 3.74. The minimum absolute atomic E-state index is 0.842. The molecule has 0 saturated heterocycles. The Bertz CT molecular complexity index is 86.5. The molecule has 0 bridgehead atoms. The van der Waals surface area contributed by atoms with Gasteiger partial charge in [0.15, 0.2) is 0 Å². The van der Waals surface area contributed by atoms with Crippen molar-refractivity contribution in [2.75, 3.05) is 0 Å². The Morgan fingerprint density at radius 3 is 2.75 bits per heavy atom. The molecule has 0 radical (unpaired) electrons. The van der Waals surface area contributed by atoms with Crippen LogP contribution in [0.15, 0.2) is 12.4 Å². The van der Waals surface area contributed by atoms with Crippen molar-refractivity contribution in [1.29, 1.82) is 0 Å². The van der Waals surface area contributed by atoms with Crippen LogP contribution in [0.2, 0.25) is 0 Å². The summed E-state index contributed by atoms with van der Waals surface area (Å²) in [5.74, 6) is 1.95. The zero-order valence-electron chi connectivity index (χ0n) is 5.46. The van der Waals surface area contributed by atoms with Crippen LogP contribution < -0.4 is 0 Å². The molecule has 0 aromatic carbocycles. The van der Waals surface area contributed by atoms with Crippen molar-refractivity contribution in [3.05, 3.63) is 12.4 Å². The Kier molecular flexibility index (Phi) is 5.71. The molecular formula is C6H12P2. The Labute approximate surface area is 54.8 Å². The molecule has 0 aliphatic heterocycles. The standard InChI is InChI=1S/C6H12P2/c1-4-6(3)8-7-5-2/h5-6H,2,4H2,1,3H3. The van der Waals surface area contributed by atoms with Gasteiger partial charge in [-0.1, -0.05) is 28.3 Å². The summed E-state index contributed by atoms with van der Waals surface area (Å²) in [6.07, 6.45) is 1.28. The minimum Gasteiger partial charge on any atom is -0.0942 e. The molecule has 0 aromatic rings. The van der Waals surface area contributed by atoms with Crippen LogP contribution in [-0.2, 0) is 0 Å². The fourth-order valence-electron chi connectivity index (χ4n) is 0.243. The molecule has 8 heavy (non-hydrogen) atoms. The summed E-state index contributed by atoms with van der Waals surface area (Å²) >= 11 is 0. The summed E-state index contributed by atoms with van der Waals surface area (Å²) < 4.78 is 0. The van der Waals surface area contributed by atoms with E-state index in [9.17, 15) is 0 Å². The van der Waals surface area contributed by atoms with Gasteiger partial charge in [-0.25, -0.2) is 0 Å². The smallest absolute Gasteiger partial charge is 0.00211 e. The minimum atomic E-state index is 0.842. The van der Waals surface area contributed by atoms with E-state index in [1.807, 2.05) is 5.82 Å². The fourth-order valence-corrected chi connectivity index (χ4v) is 2.18. The van der Waals surface area contributed by atoms with E-state index in [2.05, 4.69) is 20.4 Å². The van der Waals surface area contributed by atoms with Gasteiger partial charge in [0.2, 0.25) is 0 Å². The summed E-state index contributed by atoms with van der Waals surface area (Å²) in [6, 6.07) is 0. The molecule has 0 heterocycles. The monoisotopic (exact) mass is 146 g/mol. The van der Waals surface area contributed by atoms with Gasteiger partial charge in [-0.2, -0.15) is 0 Å². The molecule has 1 unspecified atom stereocenters. The highest BCUT2D eigenvalue weighted by molar-refractivity contribution is 7.85. The van der Waals surface area contributed by atoms with Gasteiger partial charge in [0.1, 0.15) is 0 Å². The van der Waals surface area contributed by atoms with Crippen LogP contribution in [0.1, 0.15) is 20.3 Å². The molecule has 0 rings (SSSR count). The highest BCUT2D eigenvalue weighted by Crippen LogP contribution is 2.23. The molecule has 0 spiro atoms. The molecule has 0 nitrogen and oxygen atoms in total. The summed E-state index contributed by atoms with van der Waals surface area (Å²) in [6.45, 7) is 8.13. The highest BCUT2D eigenvalue weighted by Gasteiger charge is 1.88. The van der Waals surface area contributed by atoms with Gasteiger partial charge in [-0.15, -0.1) is 0 Å². The van der Waals surface area contributed by atoms with E-state index in [1.165, 1.54) is 22.2 Å². The van der Waals surface area contributed by atoms with Gasteiger partial charge in [0.05, 0.1) is 0 Å². The Morgan fingerprint density at radius 2 is 2.38 bits per heavy atom. The van der Waals surface area contributed by atoms with E-state index in [4.69, 9.17) is 0 Å². The van der Waals surface area contributed by atoms with Gasteiger partial charge in [0, 0.05) is 5.66 Å². The van der Waals surface area contributed by atoms with Crippen molar-refractivity contribution in [2.24, 2.45) is 0 Å². The van der Waals surface area contributed by atoms with E-state index >= 15 is 0 Å². The molecule has 1 atom stereocenters. The van der Waals surface area contributed by atoms with Gasteiger partial charge in [0.25, 0.3) is 0 Å². The van der Waals surface area contributed by atoms with Gasteiger partial charge >= 0.3 is 0 Å². The van der Waals surface area contributed by atoms with Crippen LogP contribution in [0.3, 0.4) is 0 Å². The SMILES string of the molecule is C=C/P=P\C(C)CC. The van der Waals surface area contributed by atoms with Crippen LogP contribution in [-0.4, -0.2) is 5.66 Å². The molecule has 0 N–H and O–H groups in total. The molecule has 0 amide bonds. The maximum absolute atomic E-state index is 3.65. The maximum Gasteiger partial charge on any atom is 0.00211 e. The third-order valence-electron chi connectivity index (χ3n) is 0.936. The van der Waals surface area contributed by atoms with Gasteiger partial charge < -0.3 is 0 Å². The van der Waals surface area contributed by atoms with E-state index < -0.39 is 0 Å². The first-order chi connectivity index (χ1) is 3.81. The molecule has 46 valence electrons. The largest absolute Gasteiger partial charge is 0.0942 e. The number of rotatable bonds is 3. The second-order valence-corrected chi connectivity index (χ2v) is 4.76. The van der Waals surface area contributed by atoms with Crippen LogP contribution >= 0.6 is 15.7 Å². The lowest BCUT2D eigenvalue weighted by atomic mass is 10.4. The first-order valence-corrected chi connectivity index (χ1v) is 5.45. The molecule has 0 aromatic heterocycles. The lowest BCUT2D eigenvalue weighted by Crippen LogP contribution is -1.81. The molecule has 0 saturated carbocycles. The Hall–Kier alpha value is 0.340. The fraction of sp³-hybridized carbons (Fsp3) is 0.667. The van der Waals surface area contributed by atoms with Crippen LogP contribution in [0.25, 0.3) is 0 Å². The van der Waals surface area contributed by atoms with Crippen LogP contribution in [0.4, 0.5) is 0 Å². The van der Waals surface area contributed by atoms with E-state index in [0.29, 0.717) is 0 Å². The first kappa shape index (κ1) is 8.34. The van der Waals surface area contributed by atoms with Gasteiger partial charge in [-0.3, -0.25) is 0 Å². The van der Waals surface area contributed by atoms with Crippen molar-refractivity contribution >= 4 is 15.7 Å². The summed E-state index contributed by atoms with van der Waals surface area (Å²) in [7, 11) is 2.85. The Morgan fingerprint density at radius 1 is 1.75 bits per heavy atom. The van der Waals surface area contributed by atoms with E-state index in [1.54, 1.807) is 0 Å². The molecule has 0 aliphatic rings. The predicted molar refractivity (Wildman–Crippen MR) is 43.8 cm³/mol. The topological polar surface area (TPSA) is 0 Å². The molecular weight excluding hydrogens is 134 g/mol. The average molecular weight is 146 g/mol. The van der Waals surface area contributed by atoms with Gasteiger partial charge in [-0.05, 0) is 20.1 Å². The second-order valence-electron chi connectivity index (χ2n) is 1.67. The zero-order valence-corrected chi connectivity index (χ0v) is 7.25. The highest BCUT2D eigenvalue weighted by atomic mass is 31.7. The van der Waals surface area contributed by atoms with Crippen molar-refractivity contribution in [2.45, 2.75) is 25.9 Å². The number of hydrogen-bond donors (Lipinski definition) is 0. The summed E-state index contributed by atoms with van der Waals surface area (Å²) in [5.41, 5.74) is 0.842. The average Bonchev–Trinajstić information content (AvgIpc) is 1.83. The molecule has 0 fully saturated rings. The third-order valence-corrected chi connectivity index (χ3v) is 4.06. The lowest BCUT2D eigenvalue weighted by molar-refractivity contribution is 0.907. The zero-order chi connectivity index (χ0) is 6.41. The molecule has 0 aliphatic carbocycles. The maximum atomic E-state index is 3.65. The quantitative estimate of drug-likeness (QED) is 0.532.